The summed E-state index contributed by atoms with van der Waals surface area (Å²) in [7, 11) is 0. The van der Waals surface area contributed by atoms with Crippen molar-refractivity contribution in [3.63, 3.8) is 0 Å². The van der Waals surface area contributed by atoms with Gasteiger partial charge in [0.25, 0.3) is 0 Å². The Morgan fingerprint density at radius 3 is 2.88 bits per heavy atom. The highest BCUT2D eigenvalue weighted by Gasteiger charge is 2.21. The monoisotopic (exact) mass is 349 g/mol. The fourth-order valence-electron chi connectivity index (χ4n) is 3.06. The van der Waals surface area contributed by atoms with E-state index in [1.54, 1.807) is 35.2 Å². The molecule has 0 saturated heterocycles. The molecule has 3 aromatic heterocycles. The van der Waals surface area contributed by atoms with Crippen molar-refractivity contribution in [2.24, 2.45) is 0 Å². The van der Waals surface area contributed by atoms with Gasteiger partial charge in [-0.25, -0.2) is 9.78 Å². The van der Waals surface area contributed by atoms with Gasteiger partial charge in [0.15, 0.2) is 5.69 Å². The van der Waals surface area contributed by atoms with Gasteiger partial charge in [-0.05, 0) is 41.5 Å². The van der Waals surface area contributed by atoms with Crippen LogP contribution in [-0.4, -0.2) is 25.6 Å². The van der Waals surface area contributed by atoms with Crippen molar-refractivity contribution >= 4 is 27.4 Å². The molecule has 0 bridgehead atoms. The fourth-order valence-corrected chi connectivity index (χ4v) is 3.97. The number of carbonyl (C=O) groups is 1. The molecule has 0 spiro atoms. The van der Waals surface area contributed by atoms with Crippen LogP contribution in [0.25, 0.3) is 21.5 Å². The SMILES string of the molecule is Cc1nc(-c2cccnc2)n(Cc2cccc3ccsc23)c1C(=O)O. The number of benzene rings is 1. The van der Waals surface area contributed by atoms with Crippen LogP contribution in [0.2, 0.25) is 0 Å². The normalized spacial score (nSPS) is 11.1. The molecule has 1 aromatic carbocycles. The first-order valence-corrected chi connectivity index (χ1v) is 8.69. The summed E-state index contributed by atoms with van der Waals surface area (Å²) in [6.07, 6.45) is 3.39. The highest BCUT2D eigenvalue weighted by Crippen LogP contribution is 2.28. The van der Waals surface area contributed by atoms with E-state index >= 15 is 0 Å². The number of rotatable bonds is 4. The molecule has 3 heterocycles. The van der Waals surface area contributed by atoms with Crippen molar-refractivity contribution in [1.29, 1.82) is 0 Å². The molecule has 5 nitrogen and oxygen atoms in total. The van der Waals surface area contributed by atoms with Gasteiger partial charge in [-0.15, -0.1) is 11.3 Å². The van der Waals surface area contributed by atoms with Crippen molar-refractivity contribution in [2.75, 3.05) is 0 Å². The summed E-state index contributed by atoms with van der Waals surface area (Å²) in [5, 5.41) is 12.9. The summed E-state index contributed by atoms with van der Waals surface area (Å²) in [5.41, 5.74) is 2.60. The maximum Gasteiger partial charge on any atom is 0.354 e. The lowest BCUT2D eigenvalue weighted by molar-refractivity contribution is 0.0685. The van der Waals surface area contributed by atoms with Crippen LogP contribution in [0.4, 0.5) is 0 Å². The van der Waals surface area contributed by atoms with Gasteiger partial charge in [-0.1, -0.05) is 18.2 Å². The molecule has 6 heteroatoms. The summed E-state index contributed by atoms with van der Waals surface area (Å²) in [5.74, 6) is -0.352. The molecule has 0 aliphatic carbocycles. The molecule has 4 aromatic rings. The Morgan fingerprint density at radius 2 is 2.12 bits per heavy atom. The van der Waals surface area contributed by atoms with Gasteiger partial charge in [0.1, 0.15) is 5.82 Å². The number of imidazole rings is 1. The standard InChI is InChI=1S/C19H15N3O2S/c1-12-16(19(23)24)22(18(21-12)14-6-3-8-20-10-14)11-15-5-2-4-13-7-9-25-17(13)15/h2-10H,11H2,1H3,(H,23,24). The van der Waals surface area contributed by atoms with E-state index in [1.165, 1.54) is 10.1 Å². The first-order valence-electron chi connectivity index (χ1n) is 7.81. The van der Waals surface area contributed by atoms with Gasteiger partial charge < -0.3 is 9.67 Å². The van der Waals surface area contributed by atoms with E-state index in [9.17, 15) is 9.90 Å². The number of aryl methyl sites for hydroxylation is 1. The van der Waals surface area contributed by atoms with E-state index in [-0.39, 0.29) is 5.69 Å². The smallest absolute Gasteiger partial charge is 0.354 e. The molecule has 0 atom stereocenters. The largest absolute Gasteiger partial charge is 0.477 e. The summed E-state index contributed by atoms with van der Waals surface area (Å²) in [4.78, 5) is 20.5. The van der Waals surface area contributed by atoms with E-state index in [4.69, 9.17) is 0 Å². The Bertz CT molecular complexity index is 1070. The Hall–Kier alpha value is -2.99. The van der Waals surface area contributed by atoms with Crippen LogP contribution in [0.1, 0.15) is 21.7 Å². The lowest BCUT2D eigenvalue weighted by Crippen LogP contribution is -2.12. The Morgan fingerprint density at radius 1 is 1.24 bits per heavy atom. The molecule has 0 saturated carbocycles. The van der Waals surface area contributed by atoms with Gasteiger partial charge in [0.05, 0.1) is 12.2 Å². The minimum absolute atomic E-state index is 0.215. The van der Waals surface area contributed by atoms with Crippen molar-refractivity contribution in [3.8, 4) is 11.4 Å². The second kappa shape index (κ2) is 6.14. The highest BCUT2D eigenvalue weighted by atomic mass is 32.1. The number of aromatic nitrogens is 3. The molecule has 0 amide bonds. The zero-order chi connectivity index (χ0) is 17.4. The molecule has 0 unspecified atom stereocenters. The van der Waals surface area contributed by atoms with Gasteiger partial charge >= 0.3 is 5.97 Å². The molecule has 25 heavy (non-hydrogen) atoms. The number of fused-ring (bicyclic) bond motifs is 1. The summed E-state index contributed by atoms with van der Waals surface area (Å²) in [6.45, 7) is 2.18. The highest BCUT2D eigenvalue weighted by molar-refractivity contribution is 7.17. The van der Waals surface area contributed by atoms with Crippen LogP contribution in [0.5, 0.6) is 0 Å². The van der Waals surface area contributed by atoms with Crippen molar-refractivity contribution in [3.05, 3.63) is 71.1 Å². The van der Waals surface area contributed by atoms with Gasteiger partial charge in [0, 0.05) is 22.7 Å². The molecule has 0 radical (unpaired) electrons. The van der Waals surface area contributed by atoms with Crippen molar-refractivity contribution < 1.29 is 9.90 Å². The van der Waals surface area contributed by atoms with E-state index in [2.05, 4.69) is 22.1 Å². The molecule has 0 fully saturated rings. The van der Waals surface area contributed by atoms with Gasteiger partial charge in [0.2, 0.25) is 0 Å². The lowest BCUT2D eigenvalue weighted by atomic mass is 10.1. The summed E-state index contributed by atoms with van der Waals surface area (Å²) in [6, 6.07) is 11.9. The number of carboxylic acids is 1. The molecular formula is C19H15N3O2S. The van der Waals surface area contributed by atoms with Crippen LogP contribution in [0.3, 0.4) is 0 Å². The third-order valence-corrected chi connectivity index (χ3v) is 5.16. The maximum atomic E-state index is 11.8. The first kappa shape index (κ1) is 15.5. The Kier molecular flexibility index (Phi) is 3.82. The number of hydrogen-bond acceptors (Lipinski definition) is 4. The minimum atomic E-state index is -0.974. The van der Waals surface area contributed by atoms with Crippen molar-refractivity contribution in [1.82, 2.24) is 14.5 Å². The predicted molar refractivity (Wildman–Crippen MR) is 98.1 cm³/mol. The third-order valence-electron chi connectivity index (χ3n) is 4.15. The van der Waals surface area contributed by atoms with Crippen molar-refractivity contribution in [2.45, 2.75) is 13.5 Å². The van der Waals surface area contributed by atoms with E-state index < -0.39 is 5.97 Å². The van der Waals surface area contributed by atoms with Gasteiger partial charge in [-0.3, -0.25) is 4.98 Å². The number of thiophene rings is 1. The Labute approximate surface area is 148 Å². The van der Waals surface area contributed by atoms with Crippen LogP contribution >= 0.6 is 11.3 Å². The molecule has 4 rings (SSSR count). The topological polar surface area (TPSA) is 68.0 Å². The number of carboxylic acid groups (broad SMARTS) is 1. The average molecular weight is 349 g/mol. The molecule has 124 valence electrons. The molecular weight excluding hydrogens is 334 g/mol. The minimum Gasteiger partial charge on any atom is -0.477 e. The zero-order valence-corrected chi connectivity index (χ0v) is 14.3. The van der Waals surface area contributed by atoms with Crippen LogP contribution < -0.4 is 0 Å². The predicted octanol–water partition coefficient (Wildman–Crippen LogP) is 4.21. The Balaban J connectivity index is 1.91. The summed E-state index contributed by atoms with van der Waals surface area (Å²) >= 11 is 1.66. The van der Waals surface area contributed by atoms with E-state index in [0.29, 0.717) is 18.1 Å². The third kappa shape index (κ3) is 2.70. The second-order valence-corrected chi connectivity index (χ2v) is 6.67. The number of hydrogen-bond donors (Lipinski definition) is 1. The number of nitrogens with zero attached hydrogens (tertiary/aromatic N) is 3. The maximum absolute atomic E-state index is 11.8. The van der Waals surface area contributed by atoms with E-state index in [1.807, 2.05) is 29.6 Å². The van der Waals surface area contributed by atoms with E-state index in [0.717, 1.165) is 11.1 Å². The van der Waals surface area contributed by atoms with Gasteiger partial charge in [-0.2, -0.15) is 0 Å². The van der Waals surface area contributed by atoms with Crippen LogP contribution in [-0.2, 0) is 6.54 Å². The number of pyridine rings is 1. The average Bonchev–Trinajstić information content (AvgIpc) is 3.21. The van der Waals surface area contributed by atoms with Crippen LogP contribution in [0, 0.1) is 6.92 Å². The molecule has 0 aliphatic heterocycles. The number of aromatic carboxylic acids is 1. The quantitative estimate of drug-likeness (QED) is 0.599. The van der Waals surface area contributed by atoms with Crippen LogP contribution in [0.15, 0.2) is 54.2 Å². The fraction of sp³-hybridized carbons (Fsp3) is 0.105. The lowest BCUT2D eigenvalue weighted by Gasteiger charge is -2.11. The molecule has 1 N–H and O–H groups in total. The zero-order valence-electron chi connectivity index (χ0n) is 13.5. The molecule has 0 aliphatic rings. The first-order chi connectivity index (χ1) is 12.1. The second-order valence-electron chi connectivity index (χ2n) is 5.76. The summed E-state index contributed by atoms with van der Waals surface area (Å²) < 4.78 is 2.94.